The van der Waals surface area contributed by atoms with Gasteiger partial charge in [0.25, 0.3) is 5.69 Å². The van der Waals surface area contributed by atoms with Crippen LogP contribution in [0, 0.1) is 10.1 Å². The number of ether oxygens (including phenoxy) is 1. The lowest BCUT2D eigenvalue weighted by Crippen LogP contribution is -2.48. The van der Waals surface area contributed by atoms with E-state index in [-0.39, 0.29) is 17.8 Å². The summed E-state index contributed by atoms with van der Waals surface area (Å²) in [7, 11) is -1.04. The number of esters is 1. The fraction of sp³-hybridized carbons (Fsp3) is 0.467. The molecule has 0 spiro atoms. The molecule has 1 atom stereocenters. The number of hydrogen-bond acceptors (Lipinski definition) is 7. The van der Waals surface area contributed by atoms with Crippen LogP contribution >= 0.6 is 0 Å². The van der Waals surface area contributed by atoms with Crippen LogP contribution in [0.15, 0.2) is 24.3 Å². The highest BCUT2D eigenvalue weighted by Gasteiger charge is 2.27. The van der Waals surface area contributed by atoms with Gasteiger partial charge in [-0.15, -0.1) is 0 Å². The first-order valence-corrected chi connectivity index (χ1v) is 7.69. The predicted octanol–water partition coefficient (Wildman–Crippen LogP) is 1.33. The highest BCUT2D eigenvalue weighted by molar-refractivity contribution is 6.46. The van der Waals surface area contributed by atoms with Gasteiger partial charge in [0, 0.05) is 17.8 Å². The van der Waals surface area contributed by atoms with Crippen molar-refractivity contribution in [1.29, 1.82) is 0 Å². The maximum Gasteiger partial charge on any atom is 0.374 e. The maximum atomic E-state index is 12.4. The highest BCUT2D eigenvalue weighted by atomic mass is 16.6. The molecular formula is C15H22BN3O6. The van der Waals surface area contributed by atoms with Gasteiger partial charge in [-0.3, -0.25) is 19.7 Å². The van der Waals surface area contributed by atoms with Crippen molar-refractivity contribution in [3.63, 3.8) is 0 Å². The van der Waals surface area contributed by atoms with E-state index in [9.17, 15) is 24.7 Å². The van der Waals surface area contributed by atoms with Crippen molar-refractivity contribution in [2.24, 2.45) is 0 Å². The zero-order valence-corrected chi connectivity index (χ0v) is 14.6. The van der Waals surface area contributed by atoms with Crippen LogP contribution in [0.25, 0.3) is 0 Å². The van der Waals surface area contributed by atoms with Gasteiger partial charge in [-0.25, -0.2) is 0 Å². The second-order valence-corrected chi connectivity index (χ2v) is 6.48. The molecule has 10 heteroatoms. The lowest BCUT2D eigenvalue weighted by atomic mass is 9.86. The van der Waals surface area contributed by atoms with Gasteiger partial charge >= 0.3 is 13.0 Å². The molecule has 1 rings (SSSR count). The van der Waals surface area contributed by atoms with E-state index in [0.717, 1.165) is 0 Å². The zero-order valence-electron chi connectivity index (χ0n) is 14.6. The van der Waals surface area contributed by atoms with Gasteiger partial charge in [-0.05, 0) is 33.7 Å². The molecule has 9 nitrogen and oxygen atoms in total. The molecule has 0 heterocycles. The monoisotopic (exact) mass is 351 g/mol. The molecule has 1 amide bonds. The van der Waals surface area contributed by atoms with Gasteiger partial charge in [0.05, 0.1) is 17.4 Å². The fourth-order valence-corrected chi connectivity index (χ4v) is 1.99. The molecule has 1 aromatic carbocycles. The Morgan fingerprint density at radius 1 is 1.40 bits per heavy atom. The SMILES string of the molecule is CB(O)N[C@H](CC(=O)OC(C)(C)C)C(=O)Nc1cccc([N+](=O)[O-])c1. The Kier molecular flexibility index (Phi) is 7.07. The first-order valence-electron chi connectivity index (χ1n) is 7.69. The molecule has 0 radical (unpaired) electrons. The summed E-state index contributed by atoms with van der Waals surface area (Å²) in [6, 6.07) is 4.34. The van der Waals surface area contributed by atoms with Crippen LogP contribution in [0.2, 0.25) is 6.82 Å². The van der Waals surface area contributed by atoms with Crippen molar-refractivity contribution < 1.29 is 24.3 Å². The van der Waals surface area contributed by atoms with Gasteiger partial charge < -0.3 is 20.3 Å². The van der Waals surface area contributed by atoms with E-state index in [4.69, 9.17) is 4.74 Å². The third-order valence-corrected chi connectivity index (χ3v) is 2.87. The molecule has 0 aliphatic heterocycles. The molecule has 0 unspecified atom stereocenters. The van der Waals surface area contributed by atoms with Gasteiger partial charge in [-0.2, -0.15) is 0 Å². The van der Waals surface area contributed by atoms with E-state index in [1.54, 1.807) is 20.8 Å². The Balaban J connectivity index is 2.84. The maximum absolute atomic E-state index is 12.4. The van der Waals surface area contributed by atoms with E-state index < -0.39 is 35.5 Å². The van der Waals surface area contributed by atoms with Crippen molar-refractivity contribution in [3.05, 3.63) is 34.4 Å². The van der Waals surface area contributed by atoms with E-state index >= 15 is 0 Å². The van der Waals surface area contributed by atoms with Gasteiger partial charge in [0.2, 0.25) is 5.91 Å². The fourth-order valence-electron chi connectivity index (χ4n) is 1.99. The lowest BCUT2D eigenvalue weighted by Gasteiger charge is -2.23. The molecule has 136 valence electrons. The minimum absolute atomic E-state index is 0.176. The van der Waals surface area contributed by atoms with Crippen molar-refractivity contribution in [3.8, 4) is 0 Å². The van der Waals surface area contributed by atoms with Crippen molar-refractivity contribution in [1.82, 2.24) is 5.23 Å². The van der Waals surface area contributed by atoms with Gasteiger partial charge in [0.15, 0.2) is 0 Å². The van der Waals surface area contributed by atoms with Crippen LogP contribution < -0.4 is 10.5 Å². The molecule has 0 aliphatic carbocycles. The van der Waals surface area contributed by atoms with Crippen LogP contribution in [-0.4, -0.2) is 40.5 Å². The number of amides is 1. The van der Waals surface area contributed by atoms with E-state index in [0.29, 0.717) is 0 Å². The average Bonchev–Trinajstić information content (AvgIpc) is 2.44. The summed E-state index contributed by atoms with van der Waals surface area (Å²) < 4.78 is 5.17. The smallest absolute Gasteiger partial charge is 0.374 e. The second-order valence-electron chi connectivity index (χ2n) is 6.48. The molecule has 0 aliphatic rings. The number of nitrogens with zero attached hydrogens (tertiary/aromatic N) is 1. The number of anilines is 1. The van der Waals surface area contributed by atoms with Crippen LogP contribution in [0.3, 0.4) is 0 Å². The average molecular weight is 351 g/mol. The Bertz CT molecular complexity index is 644. The normalized spacial score (nSPS) is 12.2. The Morgan fingerprint density at radius 3 is 2.56 bits per heavy atom. The minimum atomic E-state index is -1.06. The summed E-state index contributed by atoms with van der Waals surface area (Å²) in [5, 5.41) is 25.3. The summed E-state index contributed by atoms with van der Waals surface area (Å²) in [5.74, 6) is -1.23. The largest absolute Gasteiger partial charge is 0.460 e. The quantitative estimate of drug-likeness (QED) is 0.292. The highest BCUT2D eigenvalue weighted by Crippen LogP contribution is 2.17. The second kappa shape index (κ2) is 8.59. The van der Waals surface area contributed by atoms with Crippen molar-refractivity contribution in [2.75, 3.05) is 5.32 Å². The number of nitro benzene ring substituents is 1. The van der Waals surface area contributed by atoms with Crippen LogP contribution in [0.5, 0.6) is 0 Å². The molecule has 0 saturated heterocycles. The van der Waals surface area contributed by atoms with Gasteiger partial charge in [-0.1, -0.05) is 6.07 Å². The van der Waals surface area contributed by atoms with Crippen LogP contribution in [0.1, 0.15) is 27.2 Å². The molecule has 3 N–H and O–H groups in total. The predicted molar refractivity (Wildman–Crippen MR) is 92.9 cm³/mol. The summed E-state index contributed by atoms with van der Waals surface area (Å²) in [5.41, 5.74) is -0.672. The lowest BCUT2D eigenvalue weighted by molar-refractivity contribution is -0.384. The standard InChI is InChI=1S/C15H22BN3O6/c1-15(2,3)25-13(20)9-12(18-16(4)22)14(21)17-10-6-5-7-11(8-10)19(23)24/h5-8,12,18,22H,9H2,1-4H3,(H,17,21)/t12-/m1/s1. The Hall–Kier alpha value is -2.46. The third-order valence-electron chi connectivity index (χ3n) is 2.87. The topological polar surface area (TPSA) is 131 Å². The summed E-state index contributed by atoms with van der Waals surface area (Å²) >= 11 is 0. The number of carbonyl (C=O) groups is 2. The van der Waals surface area contributed by atoms with Crippen molar-refractivity contribution in [2.45, 2.75) is 45.7 Å². The van der Waals surface area contributed by atoms with Crippen molar-refractivity contribution >= 4 is 30.3 Å². The molecule has 0 bridgehead atoms. The number of non-ortho nitro benzene ring substituents is 1. The third kappa shape index (κ3) is 7.77. The molecular weight excluding hydrogens is 329 g/mol. The molecule has 0 saturated carbocycles. The number of nitrogens with one attached hydrogen (secondary N) is 2. The molecule has 0 aromatic heterocycles. The summed E-state index contributed by atoms with van der Waals surface area (Å²) in [6.45, 7) is 6.50. The number of hydrogen-bond donors (Lipinski definition) is 3. The first kappa shape index (κ1) is 20.6. The van der Waals surface area contributed by atoms with Crippen LogP contribution in [-0.2, 0) is 14.3 Å². The number of rotatable bonds is 7. The number of nitro groups is 1. The van der Waals surface area contributed by atoms with Crippen LogP contribution in [0.4, 0.5) is 11.4 Å². The summed E-state index contributed by atoms with van der Waals surface area (Å²) in [6.07, 6.45) is -0.303. The molecule has 0 fully saturated rings. The minimum Gasteiger partial charge on any atom is -0.460 e. The van der Waals surface area contributed by atoms with E-state index in [1.165, 1.54) is 31.1 Å². The first-order chi connectivity index (χ1) is 11.5. The molecule has 25 heavy (non-hydrogen) atoms. The summed E-state index contributed by atoms with van der Waals surface area (Å²) in [4.78, 5) is 34.5. The zero-order chi connectivity index (χ0) is 19.2. The Morgan fingerprint density at radius 2 is 2.04 bits per heavy atom. The van der Waals surface area contributed by atoms with E-state index in [2.05, 4.69) is 10.5 Å². The van der Waals surface area contributed by atoms with E-state index in [1.807, 2.05) is 0 Å². The number of benzene rings is 1. The Labute approximate surface area is 146 Å². The molecule has 1 aromatic rings. The van der Waals surface area contributed by atoms with Gasteiger partial charge in [0.1, 0.15) is 5.60 Å². The number of carbonyl (C=O) groups excluding carboxylic acids is 2.